The molecule has 1 atom stereocenters. The van der Waals surface area contributed by atoms with Crippen molar-refractivity contribution in [2.24, 2.45) is 0 Å². The van der Waals surface area contributed by atoms with Gasteiger partial charge in [0, 0.05) is 23.1 Å². The quantitative estimate of drug-likeness (QED) is 0.374. The Labute approximate surface area is 208 Å². The minimum Gasteiger partial charge on any atom is -0.324 e. The van der Waals surface area contributed by atoms with Crippen molar-refractivity contribution in [3.05, 3.63) is 105 Å². The molecule has 0 unspecified atom stereocenters. The predicted octanol–water partition coefficient (Wildman–Crippen LogP) is 5.74. The van der Waals surface area contributed by atoms with Crippen molar-refractivity contribution in [2.45, 2.75) is 36.2 Å². The molecule has 2 aliphatic rings. The topological polar surface area (TPSA) is 51.1 Å². The number of fused-ring (bicyclic) bond motifs is 2. The zero-order chi connectivity index (χ0) is 23.9. The normalized spacial score (nSPS) is 16.6. The van der Waals surface area contributed by atoms with Gasteiger partial charge in [0.1, 0.15) is 6.04 Å². The van der Waals surface area contributed by atoms with Gasteiger partial charge < -0.3 is 5.32 Å². The van der Waals surface area contributed by atoms with Gasteiger partial charge in [0.15, 0.2) is 0 Å². The number of hydrogen-bond donors (Lipinski definition) is 1. The average molecular weight is 477 g/mol. The number of nitrogens with one attached hydrogen (secondary N) is 1. The number of carbonyl (C=O) groups is 1. The first kappa shape index (κ1) is 21.8. The Hall–Kier alpha value is -3.75. The van der Waals surface area contributed by atoms with E-state index in [2.05, 4.69) is 47.6 Å². The van der Waals surface area contributed by atoms with Crippen LogP contribution in [-0.2, 0) is 11.2 Å². The number of pyridine rings is 1. The highest BCUT2D eigenvalue weighted by atomic mass is 32.2. The second-order valence-electron chi connectivity index (χ2n) is 9.23. The Morgan fingerprint density at radius 2 is 1.83 bits per heavy atom. The average Bonchev–Trinajstić information content (AvgIpc) is 3.61. The van der Waals surface area contributed by atoms with Crippen LogP contribution in [0.5, 0.6) is 0 Å². The molecule has 172 valence electrons. The fourth-order valence-electron chi connectivity index (χ4n) is 5.05. The van der Waals surface area contributed by atoms with Crippen LogP contribution in [0.2, 0.25) is 0 Å². The lowest BCUT2D eigenvalue weighted by Gasteiger charge is -2.18. The third-order valence-corrected chi connectivity index (χ3v) is 8.04. The largest absolute Gasteiger partial charge is 0.324 e. The number of terminal acetylenes is 1. The summed E-state index contributed by atoms with van der Waals surface area (Å²) in [5, 5.41) is 6.35. The lowest BCUT2D eigenvalue weighted by Crippen LogP contribution is -2.33. The van der Waals surface area contributed by atoms with Crippen molar-refractivity contribution in [1.29, 1.82) is 0 Å². The Kier molecular flexibility index (Phi) is 5.47. The van der Waals surface area contributed by atoms with Crippen molar-refractivity contribution in [3.63, 3.8) is 0 Å². The van der Waals surface area contributed by atoms with Crippen molar-refractivity contribution < 1.29 is 4.79 Å². The number of aromatic nitrogens is 1. The zero-order valence-corrected chi connectivity index (χ0v) is 20.0. The summed E-state index contributed by atoms with van der Waals surface area (Å²) in [6, 6.07) is 23.2. The van der Waals surface area contributed by atoms with E-state index in [4.69, 9.17) is 6.42 Å². The highest BCUT2D eigenvalue weighted by Gasteiger charge is 2.37. The van der Waals surface area contributed by atoms with E-state index in [1.165, 1.54) is 21.9 Å². The maximum Gasteiger partial charge on any atom is 0.252 e. The molecule has 1 N–H and O–H groups in total. The summed E-state index contributed by atoms with van der Waals surface area (Å²) in [7, 11) is 0. The Morgan fingerprint density at radius 1 is 1.03 bits per heavy atom. The van der Waals surface area contributed by atoms with Crippen LogP contribution < -0.4 is 10.9 Å². The second kappa shape index (κ2) is 8.79. The van der Waals surface area contributed by atoms with Gasteiger partial charge in [-0.15, -0.1) is 18.2 Å². The highest BCUT2D eigenvalue weighted by molar-refractivity contribution is 7.99. The summed E-state index contributed by atoms with van der Waals surface area (Å²) in [5.41, 5.74) is 4.81. The first-order chi connectivity index (χ1) is 17.1. The third kappa shape index (κ3) is 4.05. The number of carbonyl (C=O) groups excluding carboxylic acids is 1. The summed E-state index contributed by atoms with van der Waals surface area (Å²) in [5.74, 6) is 3.41. The maximum absolute atomic E-state index is 13.4. The summed E-state index contributed by atoms with van der Waals surface area (Å²) in [4.78, 5) is 26.6. The fourth-order valence-corrected chi connectivity index (χ4v) is 6.48. The van der Waals surface area contributed by atoms with Gasteiger partial charge in [-0.2, -0.15) is 0 Å². The Balaban J connectivity index is 1.37. The lowest BCUT2D eigenvalue weighted by atomic mass is 9.95. The number of thioether (sulfide) groups is 1. The number of nitrogens with zero attached hydrogens (tertiary/aromatic N) is 1. The molecule has 1 saturated carbocycles. The van der Waals surface area contributed by atoms with Crippen LogP contribution in [0, 0.1) is 12.3 Å². The van der Waals surface area contributed by atoms with Crippen LogP contribution >= 0.6 is 11.8 Å². The Bertz CT molecular complexity index is 1570. The van der Waals surface area contributed by atoms with E-state index in [0.717, 1.165) is 23.4 Å². The van der Waals surface area contributed by atoms with E-state index in [1.54, 1.807) is 28.5 Å². The van der Waals surface area contributed by atoms with Crippen LogP contribution in [0.15, 0.2) is 82.6 Å². The third-order valence-electron chi connectivity index (χ3n) is 6.87. The van der Waals surface area contributed by atoms with Crippen LogP contribution in [-0.4, -0.2) is 16.2 Å². The van der Waals surface area contributed by atoms with Crippen LogP contribution in [0.3, 0.4) is 0 Å². The zero-order valence-electron chi connectivity index (χ0n) is 19.2. The van der Waals surface area contributed by atoms with Crippen LogP contribution in [0.4, 0.5) is 5.69 Å². The monoisotopic (exact) mass is 476 g/mol. The van der Waals surface area contributed by atoms with Gasteiger partial charge in [-0.05, 0) is 70.8 Å². The van der Waals surface area contributed by atoms with Gasteiger partial charge in [0.25, 0.3) is 5.56 Å². The number of benzene rings is 3. The molecule has 1 aliphatic heterocycles. The van der Waals surface area contributed by atoms with Gasteiger partial charge in [-0.3, -0.25) is 14.2 Å². The molecule has 3 aromatic carbocycles. The molecule has 1 aliphatic carbocycles. The molecule has 1 fully saturated rings. The number of rotatable bonds is 5. The van der Waals surface area contributed by atoms with E-state index < -0.39 is 6.04 Å². The van der Waals surface area contributed by atoms with E-state index in [9.17, 15) is 9.59 Å². The first-order valence-electron chi connectivity index (χ1n) is 11.9. The molecule has 1 aromatic heterocycles. The van der Waals surface area contributed by atoms with Crippen molar-refractivity contribution in [3.8, 4) is 12.3 Å². The van der Waals surface area contributed by atoms with Crippen molar-refractivity contribution >= 4 is 34.1 Å². The van der Waals surface area contributed by atoms with Crippen molar-refractivity contribution in [2.75, 3.05) is 11.1 Å². The SMILES string of the molecule is C#Cc1cccc(NC(=O)[C@@H]2CSc3c(C4CC4)c(Cc4cccc5ccccc45)cc(=O)n32)c1. The van der Waals surface area contributed by atoms with Gasteiger partial charge in [-0.25, -0.2) is 0 Å². The van der Waals surface area contributed by atoms with Crippen LogP contribution in [0.1, 0.15) is 47.1 Å². The molecule has 4 nitrogen and oxygen atoms in total. The maximum atomic E-state index is 13.4. The van der Waals surface area contributed by atoms with Gasteiger partial charge >= 0.3 is 0 Å². The van der Waals surface area contributed by atoms with Gasteiger partial charge in [-0.1, -0.05) is 54.5 Å². The van der Waals surface area contributed by atoms with Crippen LogP contribution in [0.25, 0.3) is 10.8 Å². The number of amides is 1. The molecule has 2 heterocycles. The lowest BCUT2D eigenvalue weighted by molar-refractivity contribution is -0.118. The smallest absolute Gasteiger partial charge is 0.252 e. The Morgan fingerprint density at radius 3 is 2.66 bits per heavy atom. The highest BCUT2D eigenvalue weighted by Crippen LogP contribution is 2.48. The summed E-state index contributed by atoms with van der Waals surface area (Å²) in [6.07, 6.45) is 8.47. The van der Waals surface area contributed by atoms with Gasteiger partial charge in [0.2, 0.25) is 5.91 Å². The van der Waals surface area contributed by atoms with E-state index >= 15 is 0 Å². The van der Waals surface area contributed by atoms with E-state index in [-0.39, 0.29) is 11.5 Å². The minimum absolute atomic E-state index is 0.109. The molecular formula is C30H24N2O2S. The van der Waals surface area contributed by atoms with Gasteiger partial charge in [0.05, 0.1) is 5.03 Å². The molecule has 0 saturated heterocycles. The first-order valence-corrected chi connectivity index (χ1v) is 12.9. The molecule has 0 radical (unpaired) electrons. The molecule has 1 amide bonds. The molecule has 6 rings (SSSR count). The molecule has 0 bridgehead atoms. The number of hydrogen-bond acceptors (Lipinski definition) is 3. The summed E-state index contributed by atoms with van der Waals surface area (Å²) in [6.45, 7) is 0. The summed E-state index contributed by atoms with van der Waals surface area (Å²) < 4.78 is 1.71. The molecule has 4 aromatic rings. The number of anilines is 1. The molecule has 0 spiro atoms. The molecule has 5 heteroatoms. The standard InChI is InChI=1S/C30H24N2O2S/c1-2-19-7-5-11-24(15-19)31-29(34)26-18-35-30-28(21-13-14-21)23(17-27(33)32(26)30)16-22-10-6-9-20-8-3-4-12-25(20)22/h1,3-12,15,17,21,26H,13-14,16,18H2,(H,31,34)/t26-/m0/s1. The van der Waals surface area contributed by atoms with Crippen molar-refractivity contribution in [1.82, 2.24) is 4.57 Å². The van der Waals surface area contributed by atoms with E-state index in [1.807, 2.05) is 24.3 Å². The fraction of sp³-hybridized carbons (Fsp3) is 0.200. The molecule has 35 heavy (non-hydrogen) atoms. The minimum atomic E-state index is -0.541. The molecular weight excluding hydrogens is 452 g/mol. The summed E-state index contributed by atoms with van der Waals surface area (Å²) >= 11 is 1.63. The predicted molar refractivity (Wildman–Crippen MR) is 142 cm³/mol. The second-order valence-corrected chi connectivity index (χ2v) is 10.2. The van der Waals surface area contributed by atoms with E-state index in [0.29, 0.717) is 29.3 Å².